The summed E-state index contributed by atoms with van der Waals surface area (Å²) in [6.07, 6.45) is -2.45. The smallest absolute Gasteiger partial charge is 0.408 e. The molecule has 0 spiro atoms. The molecule has 5 N–H and O–H groups in total. The van der Waals surface area contributed by atoms with E-state index in [1.807, 2.05) is 18.2 Å². The highest BCUT2D eigenvalue weighted by atomic mass is 19.1. The van der Waals surface area contributed by atoms with E-state index in [9.17, 15) is 23.9 Å². The number of aliphatic hydroxyl groups is 1. The maximum absolute atomic E-state index is 13.4. The highest BCUT2D eigenvalue weighted by Gasteiger charge is 2.26. The third kappa shape index (κ3) is 9.78. The Labute approximate surface area is 239 Å². The van der Waals surface area contributed by atoms with Crippen molar-refractivity contribution in [1.82, 2.24) is 20.9 Å². The lowest BCUT2D eigenvalue weighted by Gasteiger charge is -2.27. The van der Waals surface area contributed by atoms with Crippen LogP contribution >= 0.6 is 0 Å². The molecule has 0 bridgehead atoms. The number of fused-ring (bicyclic) bond motifs is 1. The van der Waals surface area contributed by atoms with Gasteiger partial charge in [-0.05, 0) is 71.7 Å². The fourth-order valence-corrected chi connectivity index (χ4v) is 4.03. The van der Waals surface area contributed by atoms with Crippen molar-refractivity contribution >= 4 is 29.0 Å². The summed E-state index contributed by atoms with van der Waals surface area (Å²) in [6, 6.07) is 12.4. The first-order valence-corrected chi connectivity index (χ1v) is 13.4. The van der Waals surface area contributed by atoms with Gasteiger partial charge in [-0.15, -0.1) is 0 Å². The number of H-pyrrole nitrogens is 1. The quantitative estimate of drug-likeness (QED) is 0.248. The molecule has 2 atom stereocenters. The Morgan fingerprint density at radius 2 is 1.56 bits per heavy atom. The van der Waals surface area contributed by atoms with Crippen molar-refractivity contribution in [3.8, 4) is 11.1 Å². The fourth-order valence-electron chi connectivity index (χ4n) is 4.03. The number of hydrogen-bond acceptors (Lipinski definition) is 6. The Kier molecular flexibility index (Phi) is 9.98. The molecule has 1 unspecified atom stereocenters. The Bertz CT molecular complexity index is 1360. The van der Waals surface area contributed by atoms with E-state index >= 15 is 0 Å². The van der Waals surface area contributed by atoms with Crippen LogP contribution in [0.5, 0.6) is 0 Å². The summed E-state index contributed by atoms with van der Waals surface area (Å²) in [7, 11) is 0. The molecule has 1 heterocycles. The van der Waals surface area contributed by atoms with Crippen LogP contribution in [-0.4, -0.2) is 64.6 Å². The van der Waals surface area contributed by atoms with E-state index in [0.29, 0.717) is 5.52 Å². The second-order valence-corrected chi connectivity index (χ2v) is 11.7. The lowest BCUT2D eigenvalue weighted by atomic mass is 10.0. The van der Waals surface area contributed by atoms with Crippen LogP contribution in [0.1, 0.15) is 58.5 Å². The predicted molar refractivity (Wildman–Crippen MR) is 154 cm³/mol. The third-order valence-electron chi connectivity index (χ3n) is 5.81. The average molecular weight is 571 g/mol. The molecule has 0 aliphatic rings. The third-order valence-corrected chi connectivity index (χ3v) is 5.81. The Balaban J connectivity index is 1.70. The van der Waals surface area contributed by atoms with Crippen LogP contribution in [-0.2, 0) is 9.47 Å². The second-order valence-electron chi connectivity index (χ2n) is 11.7. The van der Waals surface area contributed by atoms with Gasteiger partial charge in [0, 0.05) is 24.0 Å². The van der Waals surface area contributed by atoms with Crippen molar-refractivity contribution in [1.29, 1.82) is 0 Å². The van der Waals surface area contributed by atoms with E-state index in [4.69, 9.17) is 9.47 Å². The van der Waals surface area contributed by atoms with Gasteiger partial charge in [-0.2, -0.15) is 0 Å². The summed E-state index contributed by atoms with van der Waals surface area (Å²) in [6.45, 7) is 10.3. The van der Waals surface area contributed by atoms with Crippen LogP contribution < -0.4 is 16.0 Å². The van der Waals surface area contributed by atoms with Crippen molar-refractivity contribution in [2.24, 2.45) is 0 Å². The molecule has 3 rings (SSSR count). The molecule has 0 saturated heterocycles. The van der Waals surface area contributed by atoms with E-state index in [1.165, 1.54) is 12.1 Å². The maximum atomic E-state index is 13.4. The van der Waals surface area contributed by atoms with Gasteiger partial charge < -0.3 is 35.5 Å². The molecular weight excluding hydrogens is 531 g/mol. The fraction of sp³-hybridized carbons (Fsp3) is 0.433. The summed E-state index contributed by atoms with van der Waals surface area (Å²) in [5.74, 6) is -0.800. The molecule has 2 aromatic carbocycles. The van der Waals surface area contributed by atoms with Crippen LogP contribution in [0.2, 0.25) is 0 Å². The molecule has 1 aromatic heterocycles. The minimum atomic E-state index is -1.13. The van der Waals surface area contributed by atoms with Gasteiger partial charge in [0.05, 0.1) is 17.7 Å². The molecule has 0 fully saturated rings. The van der Waals surface area contributed by atoms with E-state index in [-0.39, 0.29) is 31.0 Å². The summed E-state index contributed by atoms with van der Waals surface area (Å²) in [5.41, 5.74) is 1.13. The Morgan fingerprint density at radius 3 is 2.20 bits per heavy atom. The van der Waals surface area contributed by atoms with E-state index in [2.05, 4.69) is 20.9 Å². The average Bonchev–Trinajstić information content (AvgIpc) is 3.29. The van der Waals surface area contributed by atoms with Crippen molar-refractivity contribution < 1.29 is 33.4 Å². The number of halogens is 1. The summed E-state index contributed by atoms with van der Waals surface area (Å²) in [5, 5.41) is 19.5. The number of aromatic amines is 1. The standard InChI is InChI=1S/C30H39FN4O6/c1-29(2,3)40-27(38)32-15-14-24(36)23(35-28(39)41-30(4,5)6)17-33-26(37)22-16-19-8-7-9-21(25(19)34-22)18-10-12-20(31)13-11-18/h7-13,16,23-24,34,36H,14-15,17H2,1-6H3,(H,32,38)(H,33,37)(H,35,39)/t23-,24?/m0/s1. The monoisotopic (exact) mass is 570 g/mol. The van der Waals surface area contributed by atoms with Crippen molar-refractivity contribution in [2.75, 3.05) is 13.1 Å². The molecule has 0 saturated carbocycles. The zero-order valence-corrected chi connectivity index (χ0v) is 24.3. The van der Waals surface area contributed by atoms with Crippen LogP contribution in [0, 0.1) is 5.82 Å². The van der Waals surface area contributed by atoms with Crippen molar-refractivity contribution in [3.63, 3.8) is 0 Å². The molecule has 0 radical (unpaired) electrons. The molecule has 41 heavy (non-hydrogen) atoms. The van der Waals surface area contributed by atoms with Gasteiger partial charge in [0.2, 0.25) is 0 Å². The van der Waals surface area contributed by atoms with Gasteiger partial charge >= 0.3 is 12.2 Å². The number of aromatic nitrogens is 1. The first-order chi connectivity index (χ1) is 19.1. The van der Waals surface area contributed by atoms with Crippen LogP contribution in [0.4, 0.5) is 14.0 Å². The van der Waals surface area contributed by atoms with Gasteiger partial charge in [-0.25, -0.2) is 14.0 Å². The number of alkyl carbamates (subject to hydrolysis) is 2. The minimum absolute atomic E-state index is 0.0724. The molecule has 0 aliphatic carbocycles. The molecule has 10 nitrogen and oxygen atoms in total. The molecule has 11 heteroatoms. The van der Waals surface area contributed by atoms with Crippen LogP contribution in [0.15, 0.2) is 48.5 Å². The summed E-state index contributed by atoms with van der Waals surface area (Å²) in [4.78, 5) is 40.6. The highest BCUT2D eigenvalue weighted by molar-refractivity contribution is 6.02. The Morgan fingerprint density at radius 1 is 0.927 bits per heavy atom. The second kappa shape index (κ2) is 13.0. The summed E-state index contributed by atoms with van der Waals surface area (Å²) >= 11 is 0. The zero-order chi connectivity index (χ0) is 30.4. The topological polar surface area (TPSA) is 142 Å². The van der Waals surface area contributed by atoms with E-state index in [1.54, 1.807) is 59.7 Å². The zero-order valence-electron chi connectivity index (χ0n) is 24.3. The van der Waals surface area contributed by atoms with Gasteiger partial charge in [0.25, 0.3) is 5.91 Å². The molecule has 0 aliphatic heterocycles. The number of carbonyl (C=O) groups excluding carboxylic acids is 3. The maximum Gasteiger partial charge on any atom is 0.408 e. The van der Waals surface area contributed by atoms with Crippen molar-refractivity contribution in [2.45, 2.75) is 71.3 Å². The predicted octanol–water partition coefficient (Wildman–Crippen LogP) is 4.87. The number of ether oxygens (including phenoxy) is 2. The number of rotatable bonds is 9. The number of benzene rings is 2. The minimum Gasteiger partial charge on any atom is -0.444 e. The van der Waals surface area contributed by atoms with Gasteiger partial charge in [-0.3, -0.25) is 4.79 Å². The van der Waals surface area contributed by atoms with E-state index < -0.39 is 41.4 Å². The summed E-state index contributed by atoms with van der Waals surface area (Å²) < 4.78 is 23.9. The van der Waals surface area contributed by atoms with Gasteiger partial charge in [0.15, 0.2) is 0 Å². The van der Waals surface area contributed by atoms with E-state index in [0.717, 1.165) is 16.5 Å². The number of amides is 3. The largest absolute Gasteiger partial charge is 0.444 e. The number of para-hydroxylation sites is 1. The number of hydrogen-bond donors (Lipinski definition) is 5. The van der Waals surface area contributed by atoms with Crippen LogP contribution in [0.25, 0.3) is 22.0 Å². The molecule has 3 aromatic rings. The molecule has 3 amide bonds. The molecular formula is C30H39FN4O6. The van der Waals surface area contributed by atoms with Gasteiger partial charge in [0.1, 0.15) is 22.7 Å². The number of carbonyl (C=O) groups is 3. The first-order valence-electron chi connectivity index (χ1n) is 13.4. The number of nitrogens with one attached hydrogen (secondary N) is 4. The normalized spacial score (nSPS) is 13.3. The van der Waals surface area contributed by atoms with Crippen molar-refractivity contribution in [3.05, 3.63) is 60.0 Å². The number of aliphatic hydroxyl groups excluding tert-OH is 1. The highest BCUT2D eigenvalue weighted by Crippen LogP contribution is 2.29. The SMILES string of the molecule is CC(C)(C)OC(=O)NCCC(O)[C@H](CNC(=O)c1cc2cccc(-c3ccc(F)cc3)c2[nH]1)NC(=O)OC(C)(C)C. The lowest BCUT2D eigenvalue weighted by Crippen LogP contribution is -2.52. The first kappa shape index (κ1) is 31.4. The lowest BCUT2D eigenvalue weighted by molar-refractivity contribution is 0.0393. The van der Waals surface area contributed by atoms with Crippen LogP contribution in [0.3, 0.4) is 0 Å². The Hall–Kier alpha value is -4.12. The molecule has 222 valence electrons. The van der Waals surface area contributed by atoms with Gasteiger partial charge in [-0.1, -0.05) is 30.3 Å².